The molecule has 3 atom stereocenters. The Labute approximate surface area is 174 Å². The van der Waals surface area contributed by atoms with Gasteiger partial charge in [0, 0.05) is 0 Å². The maximum atomic E-state index is 13.0. The molecule has 1 saturated heterocycles. The zero-order valence-corrected chi connectivity index (χ0v) is 20.5. The van der Waals surface area contributed by atoms with Crippen molar-refractivity contribution in [3.05, 3.63) is 0 Å². The summed E-state index contributed by atoms with van der Waals surface area (Å²) in [5.74, 6) is 2.66. The Balaban J connectivity index is 2.12. The molecule has 0 bridgehead atoms. The average Bonchev–Trinajstić information content (AvgIpc) is 2.53. The Morgan fingerprint density at radius 1 is 1.37 bits per heavy atom. The summed E-state index contributed by atoms with van der Waals surface area (Å²) in [4.78, 5) is 19.6. The van der Waals surface area contributed by atoms with E-state index in [1.165, 1.54) is 19.3 Å². The van der Waals surface area contributed by atoms with Gasteiger partial charge in [-0.1, -0.05) is 0 Å². The molecule has 0 spiro atoms. The van der Waals surface area contributed by atoms with E-state index in [4.69, 9.17) is 15.8 Å². The van der Waals surface area contributed by atoms with Crippen LogP contribution in [0.15, 0.2) is 4.99 Å². The summed E-state index contributed by atoms with van der Waals surface area (Å²) in [6, 6.07) is 0.306. The van der Waals surface area contributed by atoms with Gasteiger partial charge in [-0.15, -0.1) is 0 Å². The van der Waals surface area contributed by atoms with Crippen LogP contribution in [0.4, 0.5) is 0 Å². The minimum atomic E-state index is -1.94. The van der Waals surface area contributed by atoms with Gasteiger partial charge in [-0.25, -0.2) is 0 Å². The van der Waals surface area contributed by atoms with Crippen LogP contribution in [0, 0.1) is 18.3 Å². The third kappa shape index (κ3) is 5.06. The van der Waals surface area contributed by atoms with E-state index in [-0.39, 0.29) is 29.0 Å². The van der Waals surface area contributed by atoms with Crippen molar-refractivity contribution in [3.63, 3.8) is 0 Å². The van der Waals surface area contributed by atoms with Gasteiger partial charge in [0.2, 0.25) is 0 Å². The molecule has 151 valence electrons. The summed E-state index contributed by atoms with van der Waals surface area (Å²) in [5, 5.41) is 0.113. The Morgan fingerprint density at radius 2 is 1.96 bits per heavy atom. The molecule has 0 unspecified atom stereocenters. The summed E-state index contributed by atoms with van der Waals surface area (Å²) < 4.78 is 7.21. The number of carbonyl (C=O) groups is 1. The molecule has 1 saturated carbocycles. The van der Waals surface area contributed by atoms with Crippen LogP contribution in [0.5, 0.6) is 0 Å². The number of hydrogen-bond acceptors (Lipinski definition) is 3. The molecule has 1 aliphatic carbocycles. The molecule has 1 radical (unpaired) electrons. The van der Waals surface area contributed by atoms with Crippen LogP contribution in [-0.2, 0) is 9.22 Å². The van der Waals surface area contributed by atoms with Crippen molar-refractivity contribution in [2.45, 2.75) is 103 Å². The Kier molecular flexibility index (Phi) is 7.41. The van der Waals surface area contributed by atoms with E-state index in [0.717, 1.165) is 12.8 Å². The van der Waals surface area contributed by atoms with Gasteiger partial charge in [0.1, 0.15) is 0 Å². The molecule has 27 heavy (non-hydrogen) atoms. The molecule has 0 aromatic heterocycles. The Morgan fingerprint density at radius 3 is 2.48 bits per heavy atom. The second-order valence-corrected chi connectivity index (χ2v) is 15.0. The second kappa shape index (κ2) is 8.82. The summed E-state index contributed by atoms with van der Waals surface area (Å²) in [5.41, 5.74) is 0. The molecule has 1 aliphatic heterocycles. The Hall–Kier alpha value is -0.604. The predicted molar refractivity (Wildman–Crippen MR) is 115 cm³/mol. The van der Waals surface area contributed by atoms with E-state index >= 15 is 0 Å². The molecule has 1 heterocycles. The number of likely N-dealkylation sites (tertiary alicyclic amines) is 1. The first-order valence-electron chi connectivity index (χ1n) is 10.2. The van der Waals surface area contributed by atoms with Gasteiger partial charge in [0.25, 0.3) is 0 Å². The fourth-order valence-corrected chi connectivity index (χ4v) is 6.01. The van der Waals surface area contributed by atoms with Crippen LogP contribution in [0.3, 0.4) is 0 Å². The van der Waals surface area contributed by atoms with E-state index in [1.807, 2.05) is 6.92 Å². The Bertz CT molecular complexity index is 615. The normalized spacial score (nSPS) is 26.5. The number of hydrogen-bond donors (Lipinski definition) is 0. The number of β-lactam (4-membered cyclic amide) rings is 1. The standard InChI is InChI=1S/C21H35N2O2SeSi/c1-8-12-17-18(15(2)25-27(6,7)21(3,4)5)19(24)23(17)20(26)22-16-13-10-9-11-14-16/h1,15-18H,9-14H2,2-7H3/t15-,17-,18-/m1/s1. The van der Waals surface area contributed by atoms with E-state index in [1.54, 1.807) is 4.90 Å². The summed E-state index contributed by atoms with van der Waals surface area (Å²) in [7, 11) is -1.94. The molecule has 2 aliphatic rings. The third-order valence-corrected chi connectivity index (χ3v) is 11.7. The van der Waals surface area contributed by atoms with Gasteiger partial charge in [0.05, 0.1) is 0 Å². The quantitative estimate of drug-likeness (QED) is 0.206. The summed E-state index contributed by atoms with van der Waals surface area (Å²) in [6.07, 6.45) is 12.0. The van der Waals surface area contributed by atoms with E-state index in [0.29, 0.717) is 17.2 Å². The number of aliphatic imine (C=N–C) groups is 1. The molecule has 0 N–H and O–H groups in total. The molecular formula is C21H35N2O2SeSi. The zero-order valence-electron chi connectivity index (χ0n) is 17.7. The van der Waals surface area contributed by atoms with Gasteiger partial charge >= 0.3 is 175 Å². The molecule has 2 fully saturated rings. The van der Waals surface area contributed by atoms with Gasteiger partial charge in [-0.05, 0) is 0 Å². The topological polar surface area (TPSA) is 41.9 Å². The van der Waals surface area contributed by atoms with Crippen molar-refractivity contribution in [1.29, 1.82) is 0 Å². The van der Waals surface area contributed by atoms with Crippen molar-refractivity contribution in [2.75, 3.05) is 0 Å². The van der Waals surface area contributed by atoms with Crippen LogP contribution >= 0.6 is 0 Å². The molecule has 0 aromatic rings. The number of rotatable bonds is 5. The summed E-state index contributed by atoms with van der Waals surface area (Å²) in [6.45, 7) is 13.1. The fourth-order valence-electron chi connectivity index (χ4n) is 3.80. The van der Waals surface area contributed by atoms with Crippen LogP contribution in [0.2, 0.25) is 18.1 Å². The fraction of sp³-hybridized carbons (Fsp3) is 0.810. The van der Waals surface area contributed by atoms with Crippen molar-refractivity contribution >= 4 is 35.0 Å². The van der Waals surface area contributed by atoms with Crippen LogP contribution in [0.1, 0.15) is 66.2 Å². The summed E-state index contributed by atoms with van der Waals surface area (Å²) >= 11 is 3.03. The van der Waals surface area contributed by atoms with Crippen molar-refractivity contribution < 1.29 is 9.22 Å². The van der Waals surface area contributed by atoms with Crippen LogP contribution in [0.25, 0.3) is 0 Å². The van der Waals surface area contributed by atoms with E-state index in [9.17, 15) is 4.79 Å². The minimum absolute atomic E-state index is 0.0224. The van der Waals surface area contributed by atoms with Gasteiger partial charge in [-0.2, -0.15) is 0 Å². The predicted octanol–water partition coefficient (Wildman–Crippen LogP) is 4.10. The van der Waals surface area contributed by atoms with Crippen molar-refractivity contribution in [1.82, 2.24) is 4.90 Å². The second-order valence-electron chi connectivity index (χ2n) is 9.50. The first-order valence-corrected chi connectivity index (χ1v) is 13.9. The zero-order chi connectivity index (χ0) is 20.4. The SMILES string of the molecule is C#CC[C@@H]1[C@@H]([C@@H](C)O[Si](C)(C)C(C)(C)C)C(=O)N1C([Se])=NC1CCCCC1. The number of terminal acetylenes is 1. The van der Waals surface area contributed by atoms with Gasteiger partial charge < -0.3 is 0 Å². The van der Waals surface area contributed by atoms with Crippen LogP contribution in [-0.4, -0.2) is 58.1 Å². The number of amidine groups is 1. The van der Waals surface area contributed by atoms with Gasteiger partial charge in [-0.3, -0.25) is 0 Å². The van der Waals surface area contributed by atoms with E-state index in [2.05, 4.69) is 55.8 Å². The third-order valence-electron chi connectivity index (χ3n) is 6.46. The van der Waals surface area contributed by atoms with Crippen molar-refractivity contribution in [2.24, 2.45) is 10.9 Å². The van der Waals surface area contributed by atoms with Crippen molar-refractivity contribution in [3.8, 4) is 12.3 Å². The monoisotopic (exact) mass is 455 g/mol. The van der Waals surface area contributed by atoms with Gasteiger partial charge in [0.15, 0.2) is 0 Å². The number of nitrogens with zero attached hydrogens (tertiary/aromatic N) is 2. The maximum absolute atomic E-state index is 13.0. The molecule has 4 nitrogen and oxygen atoms in total. The van der Waals surface area contributed by atoms with E-state index < -0.39 is 8.32 Å². The average molecular weight is 455 g/mol. The molecule has 1 amide bonds. The molecule has 6 heteroatoms. The first kappa shape index (κ1) is 22.7. The number of carbonyl (C=O) groups excluding carboxylic acids is 1. The molecular weight excluding hydrogens is 419 g/mol. The molecule has 2 rings (SSSR count). The molecule has 0 aromatic carbocycles. The number of amides is 1. The van der Waals surface area contributed by atoms with Crippen LogP contribution < -0.4 is 0 Å². The first-order chi connectivity index (χ1) is 12.5.